The molecule has 0 aliphatic heterocycles. The Balaban J connectivity index is 2.33. The monoisotopic (exact) mass is 200 g/mol. The summed E-state index contributed by atoms with van der Waals surface area (Å²) in [5, 5.41) is 5.37. The molecule has 3 rings (SSSR count). The molecule has 0 bridgehead atoms. The first kappa shape index (κ1) is 7.76. The second-order valence-electron chi connectivity index (χ2n) is 3.08. The zero-order valence-electron chi connectivity index (χ0n) is 7.42. The van der Waals surface area contributed by atoms with Crippen molar-refractivity contribution in [1.29, 1.82) is 0 Å². The Morgan fingerprint density at radius 3 is 3.07 bits per heavy atom. The van der Waals surface area contributed by atoms with Gasteiger partial charge in [-0.15, -0.1) is 0 Å². The molecule has 0 N–H and O–H groups in total. The van der Waals surface area contributed by atoms with E-state index in [1.807, 2.05) is 12.3 Å². The highest BCUT2D eigenvalue weighted by molar-refractivity contribution is 7.08. The van der Waals surface area contributed by atoms with E-state index in [0.29, 0.717) is 0 Å². The minimum absolute atomic E-state index is 1.02. The van der Waals surface area contributed by atoms with Crippen molar-refractivity contribution in [2.45, 2.75) is 0 Å². The Kier molecular flexibility index (Phi) is 1.64. The first-order chi connectivity index (χ1) is 6.95. The molecule has 14 heavy (non-hydrogen) atoms. The van der Waals surface area contributed by atoms with E-state index in [9.17, 15) is 0 Å². The van der Waals surface area contributed by atoms with Crippen LogP contribution in [0.4, 0.5) is 0 Å². The quantitative estimate of drug-likeness (QED) is 0.590. The van der Waals surface area contributed by atoms with Gasteiger partial charge in [0, 0.05) is 23.2 Å². The van der Waals surface area contributed by atoms with Crippen molar-refractivity contribution in [1.82, 2.24) is 9.55 Å². The van der Waals surface area contributed by atoms with Crippen LogP contribution in [0.1, 0.15) is 0 Å². The summed E-state index contributed by atoms with van der Waals surface area (Å²) in [7, 11) is 0. The lowest BCUT2D eigenvalue weighted by Crippen LogP contribution is -1.90. The van der Waals surface area contributed by atoms with Gasteiger partial charge in [0.1, 0.15) is 5.65 Å². The molecule has 0 spiro atoms. The summed E-state index contributed by atoms with van der Waals surface area (Å²) in [4.78, 5) is 4.36. The van der Waals surface area contributed by atoms with Crippen LogP contribution in [0.2, 0.25) is 0 Å². The predicted molar refractivity (Wildman–Crippen MR) is 58.9 cm³/mol. The van der Waals surface area contributed by atoms with Gasteiger partial charge in [-0.05, 0) is 29.6 Å². The molecule has 0 aliphatic rings. The summed E-state index contributed by atoms with van der Waals surface area (Å²) < 4.78 is 2.10. The highest BCUT2D eigenvalue weighted by atomic mass is 32.1. The zero-order valence-corrected chi connectivity index (χ0v) is 8.24. The van der Waals surface area contributed by atoms with Gasteiger partial charge in [-0.1, -0.05) is 0 Å². The molecule has 3 aromatic rings. The highest BCUT2D eigenvalue weighted by Crippen LogP contribution is 2.19. The molecule has 0 aliphatic carbocycles. The Morgan fingerprint density at radius 2 is 2.21 bits per heavy atom. The van der Waals surface area contributed by atoms with Gasteiger partial charge < -0.3 is 4.57 Å². The van der Waals surface area contributed by atoms with Crippen LogP contribution in [-0.2, 0) is 0 Å². The van der Waals surface area contributed by atoms with E-state index in [4.69, 9.17) is 0 Å². The van der Waals surface area contributed by atoms with E-state index in [1.165, 1.54) is 11.1 Å². The normalized spacial score (nSPS) is 10.9. The van der Waals surface area contributed by atoms with Crippen molar-refractivity contribution < 1.29 is 0 Å². The van der Waals surface area contributed by atoms with Crippen molar-refractivity contribution in [3.63, 3.8) is 0 Å². The van der Waals surface area contributed by atoms with E-state index in [-0.39, 0.29) is 0 Å². The molecule has 3 heteroatoms. The SMILES string of the molecule is c1cnc2c(c1)ccn2-c1ccsc1. The molecular weight excluding hydrogens is 192 g/mol. The fourth-order valence-corrected chi connectivity index (χ4v) is 2.20. The van der Waals surface area contributed by atoms with Gasteiger partial charge in [0.25, 0.3) is 0 Å². The third-order valence-corrected chi connectivity index (χ3v) is 2.90. The van der Waals surface area contributed by atoms with Crippen LogP contribution in [-0.4, -0.2) is 9.55 Å². The average molecular weight is 200 g/mol. The maximum atomic E-state index is 4.36. The summed E-state index contributed by atoms with van der Waals surface area (Å²) in [5.74, 6) is 0. The van der Waals surface area contributed by atoms with Crippen molar-refractivity contribution in [3.05, 3.63) is 47.4 Å². The zero-order chi connectivity index (χ0) is 9.38. The molecule has 0 unspecified atom stereocenters. The van der Waals surface area contributed by atoms with Crippen LogP contribution in [0.15, 0.2) is 47.4 Å². The van der Waals surface area contributed by atoms with Crippen molar-refractivity contribution in [2.75, 3.05) is 0 Å². The Labute approximate surface area is 85.4 Å². The molecule has 2 nitrogen and oxygen atoms in total. The summed E-state index contributed by atoms with van der Waals surface area (Å²) in [6.07, 6.45) is 3.88. The van der Waals surface area contributed by atoms with Crippen LogP contribution >= 0.6 is 11.3 Å². The van der Waals surface area contributed by atoms with E-state index in [2.05, 4.69) is 44.7 Å². The number of aromatic nitrogens is 2. The number of thiophene rings is 1. The lowest BCUT2D eigenvalue weighted by molar-refractivity contribution is 1.10. The van der Waals surface area contributed by atoms with Crippen LogP contribution in [0, 0.1) is 0 Å². The lowest BCUT2D eigenvalue weighted by atomic mass is 10.3. The Bertz CT molecular complexity index is 551. The van der Waals surface area contributed by atoms with Crippen LogP contribution in [0.25, 0.3) is 16.7 Å². The van der Waals surface area contributed by atoms with E-state index >= 15 is 0 Å². The van der Waals surface area contributed by atoms with Gasteiger partial charge in [0.05, 0.1) is 5.69 Å². The molecule has 3 heterocycles. The lowest BCUT2D eigenvalue weighted by Gasteiger charge is -1.99. The topological polar surface area (TPSA) is 17.8 Å². The van der Waals surface area contributed by atoms with Crippen LogP contribution in [0.5, 0.6) is 0 Å². The van der Waals surface area contributed by atoms with Crippen molar-refractivity contribution >= 4 is 22.4 Å². The van der Waals surface area contributed by atoms with Crippen LogP contribution < -0.4 is 0 Å². The number of nitrogens with zero attached hydrogens (tertiary/aromatic N) is 2. The first-order valence-corrected chi connectivity index (χ1v) is 5.34. The maximum absolute atomic E-state index is 4.36. The standard InChI is InChI=1S/C11H8N2S/c1-2-9-3-6-13(11(9)12-5-1)10-4-7-14-8-10/h1-8H. The largest absolute Gasteiger partial charge is 0.300 e. The number of hydrogen-bond donors (Lipinski definition) is 0. The summed E-state index contributed by atoms with van der Waals surface area (Å²) in [6.45, 7) is 0. The van der Waals surface area contributed by atoms with E-state index in [1.54, 1.807) is 11.3 Å². The number of fused-ring (bicyclic) bond motifs is 1. The predicted octanol–water partition coefficient (Wildman–Crippen LogP) is 3.09. The van der Waals surface area contributed by atoms with Gasteiger partial charge in [-0.25, -0.2) is 4.98 Å². The summed E-state index contributed by atoms with van der Waals surface area (Å²) in [6, 6.07) is 8.21. The summed E-state index contributed by atoms with van der Waals surface area (Å²) >= 11 is 1.70. The molecule has 0 amide bonds. The fraction of sp³-hybridized carbons (Fsp3) is 0. The third kappa shape index (κ3) is 1.06. The van der Waals surface area contributed by atoms with Gasteiger partial charge in [0.15, 0.2) is 0 Å². The molecule has 0 atom stereocenters. The number of rotatable bonds is 1. The minimum Gasteiger partial charge on any atom is -0.300 e. The van der Waals surface area contributed by atoms with Gasteiger partial charge in [-0.2, -0.15) is 11.3 Å². The smallest absolute Gasteiger partial charge is 0.144 e. The van der Waals surface area contributed by atoms with Gasteiger partial charge in [-0.3, -0.25) is 0 Å². The number of pyridine rings is 1. The number of hydrogen-bond acceptors (Lipinski definition) is 2. The molecule has 0 aromatic carbocycles. The van der Waals surface area contributed by atoms with Crippen molar-refractivity contribution in [2.24, 2.45) is 0 Å². The second-order valence-corrected chi connectivity index (χ2v) is 3.86. The highest BCUT2D eigenvalue weighted by Gasteiger charge is 2.02. The maximum Gasteiger partial charge on any atom is 0.144 e. The van der Waals surface area contributed by atoms with E-state index in [0.717, 1.165) is 5.65 Å². The Morgan fingerprint density at radius 1 is 1.21 bits per heavy atom. The second kappa shape index (κ2) is 2.96. The molecule has 3 aromatic heterocycles. The molecular formula is C11H8N2S. The van der Waals surface area contributed by atoms with Gasteiger partial charge >= 0.3 is 0 Å². The Hall–Kier alpha value is -1.61. The average Bonchev–Trinajstić information content (AvgIpc) is 2.85. The van der Waals surface area contributed by atoms with Crippen LogP contribution in [0.3, 0.4) is 0 Å². The third-order valence-electron chi connectivity index (χ3n) is 2.23. The molecule has 0 fully saturated rings. The first-order valence-electron chi connectivity index (χ1n) is 4.40. The molecule has 0 saturated heterocycles. The summed E-state index contributed by atoms with van der Waals surface area (Å²) in [5.41, 5.74) is 2.20. The molecule has 68 valence electrons. The van der Waals surface area contributed by atoms with E-state index < -0.39 is 0 Å². The minimum atomic E-state index is 1.02. The fourth-order valence-electron chi connectivity index (χ4n) is 1.57. The molecule has 0 radical (unpaired) electrons. The van der Waals surface area contributed by atoms with Gasteiger partial charge in [0.2, 0.25) is 0 Å². The van der Waals surface area contributed by atoms with Crippen molar-refractivity contribution in [3.8, 4) is 5.69 Å². The molecule has 0 saturated carbocycles.